The summed E-state index contributed by atoms with van der Waals surface area (Å²) in [4.78, 5) is 4.45. The molecule has 3 rings (SSSR count). The van der Waals surface area contributed by atoms with E-state index in [0.717, 1.165) is 52.0 Å². The monoisotopic (exact) mass is 364 g/mol. The molecule has 0 bridgehead atoms. The van der Waals surface area contributed by atoms with Gasteiger partial charge in [0.05, 0.1) is 12.6 Å². The minimum Gasteiger partial charge on any atom is -0.496 e. The van der Waals surface area contributed by atoms with Crippen molar-refractivity contribution in [3.63, 3.8) is 0 Å². The number of allylic oxidation sites excluding steroid dienone is 1. The van der Waals surface area contributed by atoms with Gasteiger partial charge in [-0.05, 0) is 53.8 Å². The molecule has 1 aromatic heterocycles. The van der Waals surface area contributed by atoms with Crippen molar-refractivity contribution in [1.29, 1.82) is 0 Å². The van der Waals surface area contributed by atoms with E-state index in [4.69, 9.17) is 4.74 Å². The number of hydrogen-bond donors (Lipinski definition) is 1. The van der Waals surface area contributed by atoms with E-state index in [1.54, 1.807) is 13.3 Å². The molecule has 3 aromatic rings. The van der Waals surface area contributed by atoms with Crippen LogP contribution in [0.2, 0.25) is 0 Å². The van der Waals surface area contributed by atoms with Gasteiger partial charge >= 0.3 is 0 Å². The van der Waals surface area contributed by atoms with Crippen LogP contribution in [-0.2, 0) is 12.8 Å². The van der Waals surface area contributed by atoms with Crippen LogP contribution in [0, 0.1) is 5.82 Å². The molecule has 0 amide bonds. The Morgan fingerprint density at radius 1 is 1.11 bits per heavy atom. The van der Waals surface area contributed by atoms with Crippen LogP contribution in [0.1, 0.15) is 37.0 Å². The number of aromatic nitrogens is 1. The molecule has 4 heteroatoms. The van der Waals surface area contributed by atoms with Crippen molar-refractivity contribution in [3.8, 4) is 5.75 Å². The molecule has 0 radical (unpaired) electrons. The van der Waals surface area contributed by atoms with Gasteiger partial charge in [-0.25, -0.2) is 4.39 Å². The minimum absolute atomic E-state index is 0.224. The Kier molecular flexibility index (Phi) is 5.75. The van der Waals surface area contributed by atoms with Gasteiger partial charge in [-0.1, -0.05) is 26.5 Å². The first kappa shape index (κ1) is 18.9. The quantitative estimate of drug-likeness (QED) is 0.569. The van der Waals surface area contributed by atoms with Crippen LogP contribution < -0.4 is 10.1 Å². The highest BCUT2D eigenvalue weighted by Gasteiger charge is 2.11. The Labute approximate surface area is 159 Å². The number of nitrogens with zero attached hydrogens (tertiary/aromatic N) is 1. The second-order valence-electron chi connectivity index (χ2n) is 6.57. The molecule has 27 heavy (non-hydrogen) atoms. The molecule has 0 fully saturated rings. The van der Waals surface area contributed by atoms with Crippen molar-refractivity contribution in [1.82, 2.24) is 4.98 Å². The molecule has 0 aliphatic carbocycles. The number of aryl methyl sites for hydroxylation is 1. The Hall–Kier alpha value is -2.88. The number of hydrogen-bond acceptors (Lipinski definition) is 3. The zero-order valence-corrected chi connectivity index (χ0v) is 16.1. The van der Waals surface area contributed by atoms with Crippen LogP contribution in [-0.4, -0.2) is 12.1 Å². The van der Waals surface area contributed by atoms with E-state index in [9.17, 15) is 4.39 Å². The lowest BCUT2D eigenvalue weighted by molar-refractivity contribution is 0.410. The highest BCUT2D eigenvalue weighted by molar-refractivity contribution is 5.85. The first-order valence-electron chi connectivity index (χ1n) is 9.23. The lowest BCUT2D eigenvalue weighted by Gasteiger charge is -2.13. The van der Waals surface area contributed by atoms with Crippen LogP contribution in [0.5, 0.6) is 5.75 Å². The smallest absolute Gasteiger partial charge is 0.128 e. The van der Waals surface area contributed by atoms with Crippen molar-refractivity contribution in [2.24, 2.45) is 0 Å². The van der Waals surface area contributed by atoms with E-state index < -0.39 is 0 Å². The van der Waals surface area contributed by atoms with Crippen molar-refractivity contribution in [3.05, 3.63) is 77.4 Å². The predicted octanol–water partition coefficient (Wildman–Crippen LogP) is 5.87. The SMILES string of the molecule is C=C(CC)Nc1ccc(Cc2ccnc3cc(OC)c(CC)cc23)c(F)c1. The van der Waals surface area contributed by atoms with E-state index in [1.807, 2.05) is 31.2 Å². The number of anilines is 1. The van der Waals surface area contributed by atoms with Crippen LogP contribution in [0.15, 0.2) is 54.9 Å². The zero-order valence-electron chi connectivity index (χ0n) is 16.1. The molecule has 0 spiro atoms. The van der Waals surface area contributed by atoms with Gasteiger partial charge in [0.1, 0.15) is 11.6 Å². The summed E-state index contributed by atoms with van der Waals surface area (Å²) in [5.74, 6) is 0.616. The first-order chi connectivity index (χ1) is 13.0. The van der Waals surface area contributed by atoms with Gasteiger partial charge in [-0.3, -0.25) is 4.98 Å². The fourth-order valence-electron chi connectivity index (χ4n) is 3.16. The van der Waals surface area contributed by atoms with Crippen LogP contribution >= 0.6 is 0 Å². The van der Waals surface area contributed by atoms with E-state index in [0.29, 0.717) is 12.0 Å². The molecule has 140 valence electrons. The Morgan fingerprint density at radius 3 is 2.59 bits per heavy atom. The summed E-state index contributed by atoms with van der Waals surface area (Å²) in [7, 11) is 1.67. The Bertz CT molecular complexity index is 982. The average molecular weight is 364 g/mol. The van der Waals surface area contributed by atoms with Crippen molar-refractivity contribution in [2.75, 3.05) is 12.4 Å². The number of rotatable bonds is 7. The molecule has 1 N–H and O–H groups in total. The second-order valence-corrected chi connectivity index (χ2v) is 6.57. The predicted molar refractivity (Wildman–Crippen MR) is 110 cm³/mol. The molecule has 0 atom stereocenters. The van der Waals surface area contributed by atoms with Gasteiger partial charge in [0.25, 0.3) is 0 Å². The molecule has 0 saturated heterocycles. The Balaban J connectivity index is 1.95. The van der Waals surface area contributed by atoms with E-state index in [-0.39, 0.29) is 5.82 Å². The Morgan fingerprint density at radius 2 is 1.93 bits per heavy atom. The normalized spacial score (nSPS) is 10.8. The van der Waals surface area contributed by atoms with Gasteiger partial charge in [0, 0.05) is 35.5 Å². The molecule has 0 aliphatic rings. The molecule has 2 aromatic carbocycles. The summed E-state index contributed by atoms with van der Waals surface area (Å²) >= 11 is 0. The summed E-state index contributed by atoms with van der Waals surface area (Å²) in [5, 5.41) is 4.16. The van der Waals surface area contributed by atoms with Crippen molar-refractivity contribution >= 4 is 16.6 Å². The van der Waals surface area contributed by atoms with Gasteiger partial charge < -0.3 is 10.1 Å². The third kappa shape index (κ3) is 4.11. The zero-order chi connectivity index (χ0) is 19.4. The van der Waals surface area contributed by atoms with Crippen molar-refractivity contribution < 1.29 is 9.13 Å². The summed E-state index contributed by atoms with van der Waals surface area (Å²) in [5.41, 5.74) is 5.28. The van der Waals surface area contributed by atoms with Gasteiger partial charge in [0.15, 0.2) is 0 Å². The van der Waals surface area contributed by atoms with Crippen molar-refractivity contribution in [2.45, 2.75) is 33.1 Å². The van der Waals surface area contributed by atoms with E-state index >= 15 is 0 Å². The molecule has 0 saturated carbocycles. The summed E-state index contributed by atoms with van der Waals surface area (Å²) in [6.07, 6.45) is 3.94. The third-order valence-electron chi connectivity index (χ3n) is 4.80. The number of fused-ring (bicyclic) bond motifs is 1. The van der Waals surface area contributed by atoms with E-state index in [1.165, 1.54) is 6.07 Å². The number of pyridine rings is 1. The molecule has 0 unspecified atom stereocenters. The van der Waals surface area contributed by atoms with Gasteiger partial charge in [-0.2, -0.15) is 0 Å². The maximum absolute atomic E-state index is 14.6. The highest BCUT2D eigenvalue weighted by atomic mass is 19.1. The summed E-state index contributed by atoms with van der Waals surface area (Å²) in [6, 6.07) is 11.3. The molecule has 0 aliphatic heterocycles. The summed E-state index contributed by atoms with van der Waals surface area (Å²) < 4.78 is 20.1. The van der Waals surface area contributed by atoms with Gasteiger partial charge in [0.2, 0.25) is 0 Å². The van der Waals surface area contributed by atoms with Crippen LogP contribution in [0.4, 0.5) is 10.1 Å². The highest BCUT2D eigenvalue weighted by Crippen LogP contribution is 2.29. The van der Waals surface area contributed by atoms with Crippen LogP contribution in [0.25, 0.3) is 10.9 Å². The molecular weight excluding hydrogens is 339 g/mol. The third-order valence-corrected chi connectivity index (χ3v) is 4.80. The summed E-state index contributed by atoms with van der Waals surface area (Å²) in [6.45, 7) is 8.00. The lowest BCUT2D eigenvalue weighted by Crippen LogP contribution is -2.00. The molecular formula is C23H25FN2O. The van der Waals surface area contributed by atoms with Crippen LogP contribution in [0.3, 0.4) is 0 Å². The topological polar surface area (TPSA) is 34.2 Å². The maximum Gasteiger partial charge on any atom is 0.128 e. The number of nitrogens with one attached hydrogen (secondary N) is 1. The maximum atomic E-state index is 14.6. The molecule has 1 heterocycles. The largest absolute Gasteiger partial charge is 0.496 e. The number of methoxy groups -OCH3 is 1. The van der Waals surface area contributed by atoms with E-state index in [2.05, 4.69) is 29.9 Å². The number of benzene rings is 2. The lowest BCUT2D eigenvalue weighted by atomic mass is 9.98. The number of halogens is 1. The second kappa shape index (κ2) is 8.21. The first-order valence-corrected chi connectivity index (χ1v) is 9.23. The van der Waals surface area contributed by atoms with Gasteiger partial charge in [-0.15, -0.1) is 0 Å². The fraction of sp³-hybridized carbons (Fsp3) is 0.261. The molecule has 3 nitrogen and oxygen atoms in total. The standard InChI is InChI=1S/C23H25FN2O/c1-5-15(3)26-19-8-7-18(21(24)13-19)11-17-9-10-25-22-14-23(27-4)16(6-2)12-20(17)22/h7-10,12-14,26H,3,5-6,11H2,1-2,4H3. The number of ether oxygens (including phenoxy) is 1. The minimum atomic E-state index is -0.224. The fourth-order valence-corrected chi connectivity index (χ4v) is 3.16. The average Bonchev–Trinajstić information content (AvgIpc) is 2.68.